The maximum Gasteiger partial charge on any atom is 0.0661 e. The lowest BCUT2D eigenvalue weighted by molar-refractivity contribution is 0.0758. The second kappa shape index (κ2) is 7.39. The molecule has 1 aliphatic heterocycles. The van der Waals surface area contributed by atoms with Crippen molar-refractivity contribution < 1.29 is 9.47 Å². The molecule has 0 radical (unpaired) electrons. The molecule has 2 unspecified atom stereocenters. The van der Waals surface area contributed by atoms with Crippen molar-refractivity contribution in [2.24, 2.45) is 5.92 Å². The molecule has 0 spiro atoms. The summed E-state index contributed by atoms with van der Waals surface area (Å²) in [5.41, 5.74) is 2.85. The van der Waals surface area contributed by atoms with Crippen LogP contribution in [0.15, 0.2) is 24.3 Å². The highest BCUT2D eigenvalue weighted by Gasteiger charge is 2.18. The van der Waals surface area contributed by atoms with Crippen LogP contribution in [0.4, 0.5) is 0 Å². The number of benzene rings is 1. The highest BCUT2D eigenvalue weighted by molar-refractivity contribution is 5.29. The van der Waals surface area contributed by atoms with Crippen LogP contribution in [-0.4, -0.2) is 33.5 Å². The molecule has 21 heavy (non-hydrogen) atoms. The van der Waals surface area contributed by atoms with E-state index in [0.717, 1.165) is 26.2 Å². The van der Waals surface area contributed by atoms with Gasteiger partial charge in [0.25, 0.3) is 0 Å². The van der Waals surface area contributed by atoms with Crippen molar-refractivity contribution >= 4 is 0 Å². The van der Waals surface area contributed by atoms with E-state index in [1.54, 1.807) is 0 Å². The molecule has 1 heterocycles. The maximum absolute atomic E-state index is 5.88. The SMILES string of the molecule is CNC(COCC1CCOC1)c1ccc(C(C)(C)C)cc1. The minimum atomic E-state index is 0.201. The number of ether oxygens (including phenoxy) is 2. The molecule has 0 aliphatic carbocycles. The molecule has 2 atom stereocenters. The van der Waals surface area contributed by atoms with Gasteiger partial charge >= 0.3 is 0 Å². The van der Waals surface area contributed by atoms with Crippen LogP contribution in [0.5, 0.6) is 0 Å². The molecule has 2 rings (SSSR count). The van der Waals surface area contributed by atoms with Crippen molar-refractivity contribution in [1.82, 2.24) is 5.32 Å². The largest absolute Gasteiger partial charge is 0.381 e. The van der Waals surface area contributed by atoms with Crippen LogP contribution in [0.1, 0.15) is 44.4 Å². The van der Waals surface area contributed by atoms with E-state index >= 15 is 0 Å². The Morgan fingerprint density at radius 2 is 2.00 bits per heavy atom. The molecular formula is C18H29NO2. The van der Waals surface area contributed by atoms with Crippen LogP contribution in [0.3, 0.4) is 0 Å². The predicted molar refractivity (Wildman–Crippen MR) is 86.7 cm³/mol. The first-order valence-electron chi connectivity index (χ1n) is 7.94. The summed E-state index contributed by atoms with van der Waals surface area (Å²) in [4.78, 5) is 0. The van der Waals surface area contributed by atoms with Gasteiger partial charge in [-0.3, -0.25) is 0 Å². The molecule has 1 aromatic carbocycles. The van der Waals surface area contributed by atoms with E-state index < -0.39 is 0 Å². The standard InChI is InChI=1S/C18H29NO2/c1-18(2,3)16-7-5-15(6-8-16)17(19-4)13-21-12-14-9-10-20-11-14/h5-8,14,17,19H,9-13H2,1-4H3. The average Bonchev–Trinajstić information content (AvgIpc) is 2.96. The van der Waals surface area contributed by atoms with Gasteiger partial charge in [0, 0.05) is 12.5 Å². The fourth-order valence-corrected chi connectivity index (χ4v) is 2.63. The van der Waals surface area contributed by atoms with Crippen LogP contribution < -0.4 is 5.32 Å². The Balaban J connectivity index is 1.87. The Morgan fingerprint density at radius 3 is 2.52 bits per heavy atom. The molecule has 1 saturated heterocycles. The minimum absolute atomic E-state index is 0.201. The summed E-state index contributed by atoms with van der Waals surface area (Å²) in [6.07, 6.45) is 1.13. The zero-order chi connectivity index (χ0) is 15.3. The first-order valence-corrected chi connectivity index (χ1v) is 7.94. The monoisotopic (exact) mass is 291 g/mol. The third-order valence-electron chi connectivity index (χ3n) is 4.19. The Kier molecular flexibility index (Phi) is 5.80. The average molecular weight is 291 g/mol. The molecule has 1 aromatic rings. The van der Waals surface area contributed by atoms with Gasteiger partial charge in [0.1, 0.15) is 0 Å². The topological polar surface area (TPSA) is 30.5 Å². The summed E-state index contributed by atoms with van der Waals surface area (Å²) in [7, 11) is 1.99. The zero-order valence-electron chi connectivity index (χ0n) is 13.8. The molecule has 1 fully saturated rings. The summed E-state index contributed by atoms with van der Waals surface area (Å²) in [5.74, 6) is 0.575. The lowest BCUT2D eigenvalue weighted by Gasteiger charge is -2.22. The van der Waals surface area contributed by atoms with Crippen molar-refractivity contribution in [3.05, 3.63) is 35.4 Å². The first kappa shape index (κ1) is 16.5. The van der Waals surface area contributed by atoms with Gasteiger partial charge in [-0.2, -0.15) is 0 Å². The molecule has 0 bridgehead atoms. The third kappa shape index (κ3) is 4.80. The summed E-state index contributed by atoms with van der Waals surface area (Å²) < 4.78 is 11.3. The highest BCUT2D eigenvalue weighted by atomic mass is 16.5. The lowest BCUT2D eigenvalue weighted by atomic mass is 9.86. The third-order valence-corrected chi connectivity index (χ3v) is 4.19. The van der Waals surface area contributed by atoms with Gasteiger partial charge < -0.3 is 14.8 Å². The zero-order valence-corrected chi connectivity index (χ0v) is 13.8. The Morgan fingerprint density at radius 1 is 1.29 bits per heavy atom. The maximum atomic E-state index is 5.88. The van der Waals surface area contributed by atoms with Gasteiger partial charge in [0.2, 0.25) is 0 Å². The van der Waals surface area contributed by atoms with Crippen LogP contribution in [0.2, 0.25) is 0 Å². The van der Waals surface area contributed by atoms with Crippen LogP contribution >= 0.6 is 0 Å². The van der Waals surface area contributed by atoms with Gasteiger partial charge in [-0.25, -0.2) is 0 Å². The summed E-state index contributed by atoms with van der Waals surface area (Å²) in [6.45, 7) is 9.97. The molecule has 1 N–H and O–H groups in total. The number of hydrogen-bond donors (Lipinski definition) is 1. The highest BCUT2D eigenvalue weighted by Crippen LogP contribution is 2.24. The van der Waals surface area contributed by atoms with E-state index in [2.05, 4.69) is 50.4 Å². The van der Waals surface area contributed by atoms with Gasteiger partial charge in [-0.15, -0.1) is 0 Å². The minimum Gasteiger partial charge on any atom is -0.381 e. The molecule has 0 aromatic heterocycles. The molecule has 0 saturated carbocycles. The number of likely N-dealkylation sites (N-methyl/N-ethyl adjacent to an activating group) is 1. The molecule has 1 aliphatic rings. The van der Waals surface area contributed by atoms with Gasteiger partial charge in [-0.05, 0) is 30.0 Å². The fraction of sp³-hybridized carbons (Fsp3) is 0.667. The van der Waals surface area contributed by atoms with Gasteiger partial charge in [-0.1, -0.05) is 45.0 Å². The van der Waals surface area contributed by atoms with E-state index in [4.69, 9.17) is 9.47 Å². The number of rotatable bonds is 6. The van der Waals surface area contributed by atoms with Gasteiger partial charge in [0.15, 0.2) is 0 Å². The van der Waals surface area contributed by atoms with E-state index in [1.807, 2.05) is 7.05 Å². The van der Waals surface area contributed by atoms with Crippen LogP contribution in [0.25, 0.3) is 0 Å². The second-order valence-corrected chi connectivity index (χ2v) is 6.98. The Labute approximate surface area is 129 Å². The summed E-state index contributed by atoms with van der Waals surface area (Å²) >= 11 is 0. The van der Waals surface area contributed by atoms with E-state index in [-0.39, 0.29) is 11.5 Å². The van der Waals surface area contributed by atoms with E-state index in [9.17, 15) is 0 Å². The van der Waals surface area contributed by atoms with Gasteiger partial charge in [0.05, 0.1) is 25.9 Å². The number of nitrogens with one attached hydrogen (secondary N) is 1. The first-order chi connectivity index (χ1) is 10.0. The Hall–Kier alpha value is -0.900. The Bertz CT molecular complexity index is 416. The second-order valence-electron chi connectivity index (χ2n) is 6.98. The van der Waals surface area contributed by atoms with Crippen molar-refractivity contribution in [3.8, 4) is 0 Å². The molecule has 3 nitrogen and oxygen atoms in total. The molecular weight excluding hydrogens is 262 g/mol. The normalized spacial score (nSPS) is 20.7. The predicted octanol–water partition coefficient (Wildman–Crippen LogP) is 3.30. The van der Waals surface area contributed by atoms with Crippen molar-refractivity contribution in [3.63, 3.8) is 0 Å². The summed E-state index contributed by atoms with van der Waals surface area (Å²) in [5, 5.41) is 3.35. The van der Waals surface area contributed by atoms with Crippen molar-refractivity contribution in [2.75, 3.05) is 33.5 Å². The fourth-order valence-electron chi connectivity index (χ4n) is 2.63. The van der Waals surface area contributed by atoms with Crippen molar-refractivity contribution in [2.45, 2.75) is 38.6 Å². The quantitative estimate of drug-likeness (QED) is 0.872. The van der Waals surface area contributed by atoms with Crippen molar-refractivity contribution in [1.29, 1.82) is 0 Å². The van der Waals surface area contributed by atoms with Crippen LogP contribution in [0, 0.1) is 5.92 Å². The van der Waals surface area contributed by atoms with E-state index in [1.165, 1.54) is 11.1 Å². The molecule has 3 heteroatoms. The smallest absolute Gasteiger partial charge is 0.0661 e. The van der Waals surface area contributed by atoms with E-state index in [0.29, 0.717) is 12.5 Å². The lowest BCUT2D eigenvalue weighted by Crippen LogP contribution is -2.23. The molecule has 0 amide bonds. The summed E-state index contributed by atoms with van der Waals surface area (Å²) in [6, 6.07) is 9.13. The molecule has 118 valence electrons. The van der Waals surface area contributed by atoms with Crippen LogP contribution in [-0.2, 0) is 14.9 Å². The number of hydrogen-bond acceptors (Lipinski definition) is 3.